The van der Waals surface area contributed by atoms with Crippen molar-refractivity contribution >= 4 is 22.9 Å². The quantitative estimate of drug-likeness (QED) is 0.924. The molecule has 2 N–H and O–H groups in total. The standard InChI is InChI=1S/C13H20ClN3S/c14-10-6-13(18-9-10)12(7-15)17-5-4-16-3-1-2-11(16)8-17/h6,9,11-12H,1-5,7-8,15H2. The van der Waals surface area contributed by atoms with E-state index in [-0.39, 0.29) is 0 Å². The molecule has 3 nitrogen and oxygen atoms in total. The molecule has 2 saturated heterocycles. The molecule has 0 spiro atoms. The van der Waals surface area contributed by atoms with E-state index in [1.165, 1.54) is 30.8 Å². The molecular formula is C13H20ClN3S. The van der Waals surface area contributed by atoms with Crippen LogP contribution in [0.1, 0.15) is 23.8 Å². The molecule has 0 saturated carbocycles. The van der Waals surface area contributed by atoms with Crippen molar-refractivity contribution in [3.63, 3.8) is 0 Å². The van der Waals surface area contributed by atoms with E-state index in [4.69, 9.17) is 17.3 Å². The Labute approximate surface area is 118 Å². The van der Waals surface area contributed by atoms with Crippen molar-refractivity contribution in [3.05, 3.63) is 21.3 Å². The Morgan fingerprint density at radius 3 is 3.06 bits per heavy atom. The minimum absolute atomic E-state index is 0.352. The smallest absolute Gasteiger partial charge is 0.0565 e. The molecule has 2 fully saturated rings. The van der Waals surface area contributed by atoms with Crippen molar-refractivity contribution in [2.75, 3.05) is 32.7 Å². The van der Waals surface area contributed by atoms with E-state index in [9.17, 15) is 0 Å². The second-order valence-corrected chi connectivity index (χ2v) is 6.62. The fourth-order valence-corrected chi connectivity index (χ4v) is 4.48. The molecule has 5 heteroatoms. The molecule has 0 bridgehead atoms. The van der Waals surface area contributed by atoms with Crippen molar-refractivity contribution in [1.29, 1.82) is 0 Å². The Morgan fingerprint density at radius 2 is 2.33 bits per heavy atom. The summed E-state index contributed by atoms with van der Waals surface area (Å²) in [6, 6.07) is 3.18. The Balaban J connectivity index is 1.72. The Hall–Kier alpha value is -0.130. The first-order valence-electron chi connectivity index (χ1n) is 6.70. The summed E-state index contributed by atoms with van der Waals surface area (Å²) in [7, 11) is 0. The molecule has 1 aromatic heterocycles. The highest BCUT2D eigenvalue weighted by atomic mass is 35.5. The molecule has 2 aliphatic rings. The van der Waals surface area contributed by atoms with Crippen LogP contribution < -0.4 is 5.73 Å². The van der Waals surface area contributed by atoms with Crippen LogP contribution in [0.3, 0.4) is 0 Å². The van der Waals surface area contributed by atoms with E-state index in [2.05, 4.69) is 15.9 Å². The van der Waals surface area contributed by atoms with Crippen molar-refractivity contribution in [3.8, 4) is 0 Å². The van der Waals surface area contributed by atoms with Crippen molar-refractivity contribution in [2.24, 2.45) is 5.73 Å². The van der Waals surface area contributed by atoms with E-state index in [1.54, 1.807) is 11.3 Å². The van der Waals surface area contributed by atoms with Gasteiger partial charge in [-0.2, -0.15) is 0 Å². The molecule has 2 atom stereocenters. The summed E-state index contributed by atoms with van der Waals surface area (Å²) in [6.45, 7) is 5.46. The summed E-state index contributed by atoms with van der Waals surface area (Å²) in [5.74, 6) is 0. The van der Waals surface area contributed by atoms with Crippen LogP contribution in [0.25, 0.3) is 0 Å². The zero-order valence-corrected chi connectivity index (χ0v) is 12.1. The molecule has 100 valence electrons. The van der Waals surface area contributed by atoms with Crippen LogP contribution in [0.15, 0.2) is 11.4 Å². The Morgan fingerprint density at radius 1 is 1.44 bits per heavy atom. The van der Waals surface area contributed by atoms with Crippen molar-refractivity contribution in [1.82, 2.24) is 9.80 Å². The number of hydrogen-bond acceptors (Lipinski definition) is 4. The summed E-state index contributed by atoms with van der Waals surface area (Å²) in [4.78, 5) is 6.49. The third kappa shape index (κ3) is 2.45. The van der Waals surface area contributed by atoms with Gasteiger partial charge in [0, 0.05) is 42.5 Å². The number of halogens is 1. The van der Waals surface area contributed by atoms with E-state index in [1.807, 2.05) is 5.38 Å². The summed E-state index contributed by atoms with van der Waals surface area (Å²) >= 11 is 7.77. The summed E-state index contributed by atoms with van der Waals surface area (Å²) in [5.41, 5.74) is 5.99. The summed E-state index contributed by atoms with van der Waals surface area (Å²) in [5, 5.41) is 2.85. The maximum absolute atomic E-state index is 6.03. The van der Waals surface area contributed by atoms with Crippen LogP contribution in [-0.4, -0.2) is 48.6 Å². The number of nitrogens with zero attached hydrogens (tertiary/aromatic N) is 2. The van der Waals surface area contributed by atoms with Gasteiger partial charge < -0.3 is 5.73 Å². The fourth-order valence-electron chi connectivity index (χ4n) is 3.25. The van der Waals surface area contributed by atoms with Gasteiger partial charge in [0.15, 0.2) is 0 Å². The molecule has 3 heterocycles. The van der Waals surface area contributed by atoms with Crippen LogP contribution in [0.5, 0.6) is 0 Å². The van der Waals surface area contributed by atoms with Crippen LogP contribution in [0.2, 0.25) is 5.02 Å². The van der Waals surface area contributed by atoms with E-state index in [0.29, 0.717) is 12.6 Å². The second kappa shape index (κ2) is 5.47. The van der Waals surface area contributed by atoms with E-state index < -0.39 is 0 Å². The molecule has 3 rings (SSSR count). The molecular weight excluding hydrogens is 266 g/mol. The maximum atomic E-state index is 6.03. The highest BCUT2D eigenvalue weighted by molar-refractivity contribution is 7.10. The molecule has 1 aromatic rings. The summed E-state index contributed by atoms with van der Waals surface area (Å²) in [6.07, 6.45) is 2.70. The van der Waals surface area contributed by atoms with Crippen molar-refractivity contribution < 1.29 is 0 Å². The number of rotatable bonds is 3. The highest BCUT2D eigenvalue weighted by Gasteiger charge is 2.33. The van der Waals surface area contributed by atoms with Crippen LogP contribution in [-0.2, 0) is 0 Å². The largest absolute Gasteiger partial charge is 0.329 e. The van der Waals surface area contributed by atoms with E-state index in [0.717, 1.165) is 24.2 Å². The first-order valence-corrected chi connectivity index (χ1v) is 7.96. The van der Waals surface area contributed by atoms with Gasteiger partial charge in [-0.05, 0) is 25.5 Å². The molecule has 2 unspecified atom stereocenters. The van der Waals surface area contributed by atoms with Gasteiger partial charge in [-0.1, -0.05) is 11.6 Å². The van der Waals surface area contributed by atoms with Gasteiger partial charge in [0.05, 0.1) is 11.1 Å². The van der Waals surface area contributed by atoms with Crippen LogP contribution in [0, 0.1) is 0 Å². The predicted molar refractivity (Wildman–Crippen MR) is 77.3 cm³/mol. The lowest BCUT2D eigenvalue weighted by Gasteiger charge is -2.41. The van der Waals surface area contributed by atoms with Gasteiger partial charge in [0.2, 0.25) is 0 Å². The molecule has 18 heavy (non-hydrogen) atoms. The topological polar surface area (TPSA) is 32.5 Å². The first kappa shape index (κ1) is 12.9. The third-order valence-corrected chi connectivity index (χ3v) is 5.58. The van der Waals surface area contributed by atoms with Gasteiger partial charge in [-0.3, -0.25) is 9.80 Å². The van der Waals surface area contributed by atoms with Gasteiger partial charge >= 0.3 is 0 Å². The Bertz CT molecular complexity index is 409. The normalized spacial score (nSPS) is 27.3. The average Bonchev–Trinajstić information content (AvgIpc) is 2.99. The molecule has 2 aliphatic heterocycles. The van der Waals surface area contributed by atoms with Gasteiger partial charge in [0.25, 0.3) is 0 Å². The highest BCUT2D eigenvalue weighted by Crippen LogP contribution is 2.31. The molecule has 0 radical (unpaired) electrons. The predicted octanol–water partition coefficient (Wildman–Crippen LogP) is 2.18. The number of thiophene rings is 1. The van der Waals surface area contributed by atoms with Gasteiger partial charge in [-0.15, -0.1) is 11.3 Å². The maximum Gasteiger partial charge on any atom is 0.0565 e. The average molecular weight is 286 g/mol. The molecule has 0 aromatic carbocycles. The van der Waals surface area contributed by atoms with E-state index >= 15 is 0 Å². The number of fused-ring (bicyclic) bond motifs is 1. The Kier molecular flexibility index (Phi) is 3.91. The minimum atomic E-state index is 0.352. The van der Waals surface area contributed by atoms with Crippen LogP contribution >= 0.6 is 22.9 Å². The first-order chi connectivity index (χ1) is 8.78. The summed E-state index contributed by atoms with van der Waals surface area (Å²) < 4.78 is 0. The van der Waals surface area contributed by atoms with Crippen molar-refractivity contribution in [2.45, 2.75) is 24.9 Å². The SMILES string of the molecule is NCC(c1cc(Cl)cs1)N1CCN2CCCC2C1. The second-order valence-electron chi connectivity index (χ2n) is 5.25. The lowest BCUT2D eigenvalue weighted by atomic mass is 10.1. The lowest BCUT2D eigenvalue weighted by molar-refractivity contribution is 0.0748. The zero-order chi connectivity index (χ0) is 12.5. The lowest BCUT2D eigenvalue weighted by Crippen LogP contribution is -2.52. The zero-order valence-electron chi connectivity index (χ0n) is 10.5. The number of nitrogens with two attached hydrogens (primary N) is 1. The molecule has 0 amide bonds. The third-order valence-electron chi connectivity index (χ3n) is 4.20. The van der Waals surface area contributed by atoms with Gasteiger partial charge in [-0.25, -0.2) is 0 Å². The molecule has 0 aliphatic carbocycles. The van der Waals surface area contributed by atoms with Gasteiger partial charge in [0.1, 0.15) is 0 Å². The van der Waals surface area contributed by atoms with Crippen LogP contribution in [0.4, 0.5) is 0 Å². The number of piperazine rings is 1. The number of hydrogen-bond donors (Lipinski definition) is 1. The monoisotopic (exact) mass is 285 g/mol. The minimum Gasteiger partial charge on any atom is -0.329 e. The fraction of sp³-hybridized carbons (Fsp3) is 0.692.